The Morgan fingerprint density at radius 2 is 1.96 bits per heavy atom. The molecule has 25 heavy (non-hydrogen) atoms. The van der Waals surface area contributed by atoms with Crippen LogP contribution in [0.5, 0.6) is 0 Å². The SMILES string of the molecule is O=C(CSc1ccncc1)NCc1cc(-c2ccc(F)cc2F)on1. The number of nitrogens with zero attached hydrogens (tertiary/aromatic N) is 2. The Morgan fingerprint density at radius 3 is 2.72 bits per heavy atom. The van der Waals surface area contributed by atoms with Gasteiger partial charge < -0.3 is 9.84 Å². The summed E-state index contributed by atoms with van der Waals surface area (Å²) in [6.45, 7) is 0.155. The summed E-state index contributed by atoms with van der Waals surface area (Å²) in [6, 6.07) is 8.33. The van der Waals surface area contributed by atoms with E-state index in [0.29, 0.717) is 5.69 Å². The molecule has 1 N–H and O–H groups in total. The molecule has 3 rings (SSSR count). The minimum absolute atomic E-state index is 0.111. The molecule has 5 nitrogen and oxygen atoms in total. The zero-order chi connectivity index (χ0) is 17.6. The molecule has 0 radical (unpaired) electrons. The van der Waals surface area contributed by atoms with Gasteiger partial charge in [-0.3, -0.25) is 9.78 Å². The summed E-state index contributed by atoms with van der Waals surface area (Å²) < 4.78 is 31.7. The molecule has 0 atom stereocenters. The third-order valence-corrected chi connectivity index (χ3v) is 4.25. The van der Waals surface area contributed by atoms with E-state index in [-0.39, 0.29) is 29.5 Å². The van der Waals surface area contributed by atoms with E-state index in [4.69, 9.17) is 4.52 Å². The highest BCUT2D eigenvalue weighted by atomic mass is 32.2. The van der Waals surface area contributed by atoms with Crippen LogP contribution in [0.1, 0.15) is 5.69 Å². The van der Waals surface area contributed by atoms with Gasteiger partial charge in [-0.2, -0.15) is 0 Å². The molecule has 0 spiro atoms. The van der Waals surface area contributed by atoms with Crippen molar-refractivity contribution in [3.05, 3.63) is 66.1 Å². The van der Waals surface area contributed by atoms with Crippen molar-refractivity contribution in [2.45, 2.75) is 11.4 Å². The lowest BCUT2D eigenvalue weighted by atomic mass is 10.1. The number of halogens is 2. The van der Waals surface area contributed by atoms with Crippen LogP contribution in [-0.4, -0.2) is 21.8 Å². The topological polar surface area (TPSA) is 68.0 Å². The van der Waals surface area contributed by atoms with Crippen LogP contribution in [0.15, 0.2) is 58.2 Å². The minimum atomic E-state index is -0.736. The first-order valence-corrected chi connectivity index (χ1v) is 8.31. The van der Waals surface area contributed by atoms with Gasteiger partial charge in [-0.1, -0.05) is 5.16 Å². The molecular formula is C17H13F2N3O2S. The first kappa shape index (κ1) is 17.1. The van der Waals surface area contributed by atoms with Gasteiger partial charge in [0.1, 0.15) is 17.3 Å². The molecule has 128 valence electrons. The molecule has 0 fully saturated rings. The summed E-state index contributed by atoms with van der Waals surface area (Å²) >= 11 is 1.39. The van der Waals surface area contributed by atoms with Crippen LogP contribution in [-0.2, 0) is 11.3 Å². The summed E-state index contributed by atoms with van der Waals surface area (Å²) in [5.74, 6) is -1.14. The zero-order valence-electron chi connectivity index (χ0n) is 12.9. The maximum atomic E-state index is 13.7. The lowest BCUT2D eigenvalue weighted by Gasteiger charge is -2.02. The van der Waals surface area contributed by atoms with Crippen LogP contribution < -0.4 is 5.32 Å². The van der Waals surface area contributed by atoms with E-state index in [2.05, 4.69) is 15.5 Å². The smallest absolute Gasteiger partial charge is 0.230 e. The zero-order valence-corrected chi connectivity index (χ0v) is 13.7. The predicted octanol–water partition coefficient (Wildman–Crippen LogP) is 3.42. The highest BCUT2D eigenvalue weighted by Gasteiger charge is 2.13. The van der Waals surface area contributed by atoms with Crippen LogP contribution in [0, 0.1) is 11.6 Å². The monoisotopic (exact) mass is 361 g/mol. The number of hydrogen-bond donors (Lipinski definition) is 1. The molecule has 2 aromatic heterocycles. The fraction of sp³-hybridized carbons (Fsp3) is 0.118. The second kappa shape index (κ2) is 7.89. The van der Waals surface area contributed by atoms with Gasteiger partial charge in [-0.15, -0.1) is 11.8 Å². The van der Waals surface area contributed by atoms with Gasteiger partial charge in [0, 0.05) is 29.4 Å². The van der Waals surface area contributed by atoms with Gasteiger partial charge in [0.15, 0.2) is 5.76 Å². The molecule has 3 aromatic rings. The summed E-state index contributed by atoms with van der Waals surface area (Å²) in [5, 5.41) is 6.49. The van der Waals surface area contributed by atoms with Gasteiger partial charge in [0.25, 0.3) is 0 Å². The molecule has 1 aromatic carbocycles. The van der Waals surface area contributed by atoms with E-state index in [9.17, 15) is 13.6 Å². The molecule has 0 saturated heterocycles. The van der Waals surface area contributed by atoms with E-state index in [1.807, 2.05) is 12.1 Å². The van der Waals surface area contributed by atoms with Gasteiger partial charge >= 0.3 is 0 Å². The summed E-state index contributed by atoms with van der Waals surface area (Å²) in [5.41, 5.74) is 0.556. The van der Waals surface area contributed by atoms with Crippen molar-refractivity contribution >= 4 is 17.7 Å². The molecule has 0 bridgehead atoms. The number of thioether (sulfide) groups is 1. The Hall–Kier alpha value is -2.74. The lowest BCUT2D eigenvalue weighted by Crippen LogP contribution is -2.24. The Kier molecular flexibility index (Phi) is 5.39. The Bertz CT molecular complexity index is 871. The predicted molar refractivity (Wildman–Crippen MR) is 88.7 cm³/mol. The maximum absolute atomic E-state index is 13.7. The number of carbonyl (C=O) groups excluding carboxylic acids is 1. The van der Waals surface area contributed by atoms with Crippen molar-refractivity contribution < 1.29 is 18.1 Å². The van der Waals surface area contributed by atoms with Crippen molar-refractivity contribution in [1.29, 1.82) is 0 Å². The number of benzene rings is 1. The van der Waals surface area contributed by atoms with Crippen LogP contribution in [0.2, 0.25) is 0 Å². The average molecular weight is 361 g/mol. The van der Waals surface area contributed by atoms with E-state index in [1.54, 1.807) is 12.4 Å². The first-order chi connectivity index (χ1) is 12.1. The third kappa shape index (κ3) is 4.63. The fourth-order valence-electron chi connectivity index (χ4n) is 2.03. The molecule has 0 aliphatic rings. The quantitative estimate of drug-likeness (QED) is 0.682. The highest BCUT2D eigenvalue weighted by Crippen LogP contribution is 2.24. The Labute approximate surface area is 146 Å². The second-order valence-corrected chi connectivity index (χ2v) is 6.10. The van der Waals surface area contributed by atoms with Crippen molar-refractivity contribution in [3.8, 4) is 11.3 Å². The number of carbonyl (C=O) groups is 1. The van der Waals surface area contributed by atoms with E-state index < -0.39 is 11.6 Å². The molecule has 1 amide bonds. The molecular weight excluding hydrogens is 348 g/mol. The number of rotatable bonds is 6. The van der Waals surface area contributed by atoms with E-state index in [0.717, 1.165) is 17.0 Å². The summed E-state index contributed by atoms with van der Waals surface area (Å²) in [4.78, 5) is 16.7. The minimum Gasteiger partial charge on any atom is -0.356 e. The van der Waals surface area contributed by atoms with Crippen molar-refractivity contribution in [3.63, 3.8) is 0 Å². The summed E-state index contributed by atoms with van der Waals surface area (Å²) in [7, 11) is 0. The van der Waals surface area contributed by atoms with Gasteiger partial charge in [-0.05, 0) is 24.3 Å². The summed E-state index contributed by atoms with van der Waals surface area (Å²) in [6.07, 6.45) is 3.32. The normalized spacial score (nSPS) is 10.6. The molecule has 0 unspecified atom stereocenters. The number of amides is 1. The molecule has 0 aliphatic heterocycles. The number of nitrogens with one attached hydrogen (secondary N) is 1. The first-order valence-electron chi connectivity index (χ1n) is 7.32. The van der Waals surface area contributed by atoms with Crippen molar-refractivity contribution in [2.24, 2.45) is 0 Å². The largest absolute Gasteiger partial charge is 0.356 e. The fourth-order valence-corrected chi connectivity index (χ4v) is 2.75. The number of aromatic nitrogens is 2. The standard InChI is InChI=1S/C17H13F2N3O2S/c18-11-1-2-14(15(19)7-11)16-8-12(22-24-16)9-21-17(23)10-25-13-3-5-20-6-4-13/h1-8H,9-10H2,(H,21,23). The van der Waals surface area contributed by atoms with Crippen molar-refractivity contribution in [2.75, 3.05) is 5.75 Å². The Morgan fingerprint density at radius 1 is 1.16 bits per heavy atom. The van der Waals surface area contributed by atoms with E-state index >= 15 is 0 Å². The third-order valence-electron chi connectivity index (χ3n) is 3.24. The van der Waals surface area contributed by atoms with Gasteiger partial charge in [0.2, 0.25) is 5.91 Å². The molecule has 0 saturated carbocycles. The van der Waals surface area contributed by atoms with Crippen molar-refractivity contribution in [1.82, 2.24) is 15.5 Å². The molecule has 0 aliphatic carbocycles. The highest BCUT2D eigenvalue weighted by molar-refractivity contribution is 8.00. The maximum Gasteiger partial charge on any atom is 0.230 e. The van der Waals surface area contributed by atoms with E-state index in [1.165, 1.54) is 23.9 Å². The lowest BCUT2D eigenvalue weighted by molar-refractivity contribution is -0.118. The second-order valence-electron chi connectivity index (χ2n) is 5.05. The van der Waals surface area contributed by atoms with Gasteiger partial charge in [-0.25, -0.2) is 8.78 Å². The van der Waals surface area contributed by atoms with Crippen LogP contribution in [0.4, 0.5) is 8.78 Å². The van der Waals surface area contributed by atoms with Gasteiger partial charge in [0.05, 0.1) is 17.9 Å². The number of hydrogen-bond acceptors (Lipinski definition) is 5. The molecule has 8 heteroatoms. The molecule has 2 heterocycles. The Balaban J connectivity index is 1.54. The average Bonchev–Trinajstić information content (AvgIpc) is 3.08. The number of pyridine rings is 1. The van der Waals surface area contributed by atoms with Crippen LogP contribution >= 0.6 is 11.8 Å². The van der Waals surface area contributed by atoms with Crippen LogP contribution in [0.3, 0.4) is 0 Å². The van der Waals surface area contributed by atoms with Crippen LogP contribution in [0.25, 0.3) is 11.3 Å².